The molecule has 0 aromatic carbocycles. The molecule has 0 aliphatic heterocycles. The van der Waals surface area contributed by atoms with E-state index in [0.29, 0.717) is 0 Å². The van der Waals surface area contributed by atoms with E-state index >= 15 is 0 Å². The molecule has 5 heteroatoms. The molecule has 0 amide bonds. The number of esters is 2. The highest BCUT2D eigenvalue weighted by atomic mass is 79.9. The summed E-state index contributed by atoms with van der Waals surface area (Å²) in [5.74, 6) is -1.63. The lowest BCUT2D eigenvalue weighted by Crippen LogP contribution is -2.26. The van der Waals surface area contributed by atoms with Crippen molar-refractivity contribution in [1.82, 2.24) is 0 Å². The second-order valence-electron chi connectivity index (χ2n) is 2.03. The average Bonchev–Trinajstić information content (AvgIpc) is 1.87. The molecule has 64 valence electrons. The standard InChI is InChI=1S/C6H9BrO4/c1-3(7)5(9)11-6(10)4(2)8/h3-4,8H,1-2H3. The van der Waals surface area contributed by atoms with Gasteiger partial charge in [0, 0.05) is 0 Å². The third-order valence-corrected chi connectivity index (χ3v) is 1.24. The van der Waals surface area contributed by atoms with Crippen molar-refractivity contribution in [3.8, 4) is 0 Å². The Labute approximate surface area is 72.7 Å². The Morgan fingerprint density at radius 1 is 1.36 bits per heavy atom. The van der Waals surface area contributed by atoms with Crippen LogP contribution >= 0.6 is 15.9 Å². The van der Waals surface area contributed by atoms with Crippen LogP contribution in [0.5, 0.6) is 0 Å². The van der Waals surface area contributed by atoms with Gasteiger partial charge in [0.15, 0.2) is 0 Å². The van der Waals surface area contributed by atoms with Crippen LogP contribution in [0.2, 0.25) is 0 Å². The SMILES string of the molecule is CC(O)C(=O)OC(=O)C(C)Br. The van der Waals surface area contributed by atoms with Gasteiger partial charge in [0.2, 0.25) is 0 Å². The van der Waals surface area contributed by atoms with Crippen molar-refractivity contribution in [2.75, 3.05) is 0 Å². The van der Waals surface area contributed by atoms with Crippen molar-refractivity contribution in [3.63, 3.8) is 0 Å². The zero-order chi connectivity index (χ0) is 9.02. The predicted octanol–water partition coefficient (Wildman–Crippen LogP) is 0.220. The number of rotatable bonds is 2. The van der Waals surface area contributed by atoms with E-state index in [1.54, 1.807) is 0 Å². The maximum absolute atomic E-state index is 10.7. The van der Waals surface area contributed by atoms with Gasteiger partial charge in [-0.15, -0.1) is 0 Å². The van der Waals surface area contributed by atoms with Crippen LogP contribution in [0.25, 0.3) is 0 Å². The van der Waals surface area contributed by atoms with Gasteiger partial charge in [-0.2, -0.15) is 0 Å². The fourth-order valence-corrected chi connectivity index (χ4v) is 0.359. The van der Waals surface area contributed by atoms with E-state index < -0.39 is 22.9 Å². The van der Waals surface area contributed by atoms with E-state index in [1.165, 1.54) is 13.8 Å². The van der Waals surface area contributed by atoms with E-state index in [2.05, 4.69) is 20.7 Å². The molecule has 2 atom stereocenters. The number of alkyl halides is 1. The van der Waals surface area contributed by atoms with Crippen LogP contribution < -0.4 is 0 Å². The highest BCUT2D eigenvalue weighted by molar-refractivity contribution is 9.10. The molecule has 0 radical (unpaired) electrons. The van der Waals surface area contributed by atoms with Gasteiger partial charge < -0.3 is 9.84 Å². The molecular weight excluding hydrogens is 216 g/mol. The van der Waals surface area contributed by atoms with Gasteiger partial charge in [-0.25, -0.2) is 4.79 Å². The van der Waals surface area contributed by atoms with Gasteiger partial charge in [-0.3, -0.25) is 4.79 Å². The Kier molecular flexibility index (Phi) is 4.29. The maximum atomic E-state index is 10.7. The summed E-state index contributed by atoms with van der Waals surface area (Å²) in [5, 5.41) is 8.61. The second-order valence-corrected chi connectivity index (χ2v) is 3.41. The molecular formula is C6H9BrO4. The Hall–Kier alpha value is -0.420. The Morgan fingerprint density at radius 2 is 1.82 bits per heavy atom. The molecule has 0 rings (SSSR count). The van der Waals surface area contributed by atoms with Crippen LogP contribution in [0.4, 0.5) is 0 Å². The number of aliphatic hydroxyl groups is 1. The summed E-state index contributed by atoms with van der Waals surface area (Å²) in [7, 11) is 0. The fourth-order valence-electron chi connectivity index (χ4n) is 0.266. The Morgan fingerprint density at radius 3 is 2.09 bits per heavy atom. The minimum Gasteiger partial charge on any atom is -0.390 e. The molecule has 0 spiro atoms. The van der Waals surface area contributed by atoms with Crippen molar-refractivity contribution in [2.45, 2.75) is 24.8 Å². The fraction of sp³-hybridized carbons (Fsp3) is 0.667. The number of halogens is 1. The zero-order valence-electron chi connectivity index (χ0n) is 6.20. The first kappa shape index (κ1) is 10.6. The quantitative estimate of drug-likeness (QED) is 0.414. The topological polar surface area (TPSA) is 63.6 Å². The van der Waals surface area contributed by atoms with E-state index in [0.717, 1.165) is 0 Å². The Balaban J connectivity index is 3.86. The first-order chi connectivity index (χ1) is 4.95. The summed E-state index contributed by atoms with van der Waals surface area (Å²) in [4.78, 5) is 20.7. The van der Waals surface area contributed by atoms with Crippen LogP contribution in [-0.4, -0.2) is 28.0 Å². The number of hydrogen-bond donors (Lipinski definition) is 1. The number of aliphatic hydroxyl groups excluding tert-OH is 1. The highest BCUT2D eigenvalue weighted by Gasteiger charge is 2.18. The first-order valence-electron chi connectivity index (χ1n) is 3.02. The van der Waals surface area contributed by atoms with Gasteiger partial charge in [-0.05, 0) is 13.8 Å². The van der Waals surface area contributed by atoms with Crippen LogP contribution in [0.3, 0.4) is 0 Å². The minimum atomic E-state index is -1.26. The molecule has 0 saturated carbocycles. The summed E-state index contributed by atoms with van der Waals surface area (Å²) in [6.07, 6.45) is -1.26. The molecule has 0 aliphatic carbocycles. The van der Waals surface area contributed by atoms with E-state index in [-0.39, 0.29) is 0 Å². The third kappa shape index (κ3) is 4.10. The van der Waals surface area contributed by atoms with Gasteiger partial charge in [0.05, 0.1) is 0 Å². The first-order valence-corrected chi connectivity index (χ1v) is 3.94. The largest absolute Gasteiger partial charge is 0.390 e. The van der Waals surface area contributed by atoms with Crippen molar-refractivity contribution in [1.29, 1.82) is 0 Å². The number of hydrogen-bond acceptors (Lipinski definition) is 4. The van der Waals surface area contributed by atoms with Crippen LogP contribution in [0.15, 0.2) is 0 Å². The second kappa shape index (κ2) is 4.46. The number of ether oxygens (including phenoxy) is 1. The third-order valence-electron chi connectivity index (χ3n) is 0.867. The summed E-state index contributed by atoms with van der Waals surface area (Å²) < 4.78 is 4.20. The Bertz CT molecular complexity index is 146. The summed E-state index contributed by atoms with van der Waals surface area (Å²) in [6.45, 7) is 2.76. The van der Waals surface area contributed by atoms with Crippen molar-refractivity contribution >= 4 is 27.9 Å². The lowest BCUT2D eigenvalue weighted by molar-refractivity contribution is -0.164. The lowest BCUT2D eigenvalue weighted by atomic mass is 10.4. The van der Waals surface area contributed by atoms with Crippen LogP contribution in [0, 0.1) is 0 Å². The van der Waals surface area contributed by atoms with E-state index in [4.69, 9.17) is 5.11 Å². The van der Waals surface area contributed by atoms with Gasteiger partial charge >= 0.3 is 11.9 Å². The van der Waals surface area contributed by atoms with Gasteiger partial charge in [0.25, 0.3) is 0 Å². The predicted molar refractivity (Wildman–Crippen MR) is 41.2 cm³/mol. The van der Waals surface area contributed by atoms with Gasteiger partial charge in [0.1, 0.15) is 10.9 Å². The molecule has 4 nitrogen and oxygen atoms in total. The van der Waals surface area contributed by atoms with Crippen LogP contribution in [0.1, 0.15) is 13.8 Å². The minimum absolute atomic E-state index is 0.537. The van der Waals surface area contributed by atoms with Gasteiger partial charge in [-0.1, -0.05) is 15.9 Å². The van der Waals surface area contributed by atoms with Crippen molar-refractivity contribution in [3.05, 3.63) is 0 Å². The molecule has 0 heterocycles. The molecule has 0 saturated heterocycles. The zero-order valence-corrected chi connectivity index (χ0v) is 7.79. The molecule has 0 aromatic heterocycles. The number of carbonyl (C=O) groups excluding carboxylic acids is 2. The maximum Gasteiger partial charge on any atom is 0.342 e. The summed E-state index contributed by atoms with van der Waals surface area (Å²) in [5.41, 5.74) is 0. The molecule has 11 heavy (non-hydrogen) atoms. The van der Waals surface area contributed by atoms with Crippen molar-refractivity contribution in [2.24, 2.45) is 0 Å². The number of carbonyl (C=O) groups is 2. The van der Waals surface area contributed by atoms with E-state index in [1.807, 2.05) is 0 Å². The molecule has 0 aliphatic rings. The molecule has 1 N–H and O–H groups in total. The lowest BCUT2D eigenvalue weighted by Gasteiger charge is -2.04. The smallest absolute Gasteiger partial charge is 0.342 e. The molecule has 0 aromatic rings. The van der Waals surface area contributed by atoms with E-state index in [9.17, 15) is 9.59 Å². The monoisotopic (exact) mass is 224 g/mol. The van der Waals surface area contributed by atoms with Crippen LogP contribution in [-0.2, 0) is 14.3 Å². The molecule has 0 bridgehead atoms. The summed E-state index contributed by atoms with van der Waals surface area (Å²) >= 11 is 2.91. The average molecular weight is 225 g/mol. The highest BCUT2D eigenvalue weighted by Crippen LogP contribution is 2.01. The molecule has 0 fully saturated rings. The normalized spacial score (nSPS) is 15.3. The molecule has 2 unspecified atom stereocenters. The van der Waals surface area contributed by atoms with Crippen molar-refractivity contribution < 1.29 is 19.4 Å². The summed E-state index contributed by atoms with van der Waals surface area (Å²) in [6, 6.07) is 0.